The Kier molecular flexibility index (Phi) is 6.77. The molecular formula is C20H25N4S2+. The second kappa shape index (κ2) is 9.26. The number of quaternary nitrogens is 1. The SMILES string of the molecule is CC[NH+](CC)CCSc1ccc(-c2sc(-c3ccccc3)nc2C)nn1. The van der Waals surface area contributed by atoms with Crippen molar-refractivity contribution in [2.24, 2.45) is 0 Å². The van der Waals surface area contributed by atoms with Crippen LogP contribution in [-0.4, -0.2) is 40.6 Å². The fraction of sp³-hybridized carbons (Fsp3) is 0.350. The minimum absolute atomic E-state index is 0.904. The Bertz CT molecular complexity index is 812. The highest BCUT2D eigenvalue weighted by Crippen LogP contribution is 2.34. The Morgan fingerprint density at radius 2 is 1.77 bits per heavy atom. The van der Waals surface area contributed by atoms with Gasteiger partial charge in [-0.15, -0.1) is 21.5 Å². The molecule has 3 aromatic rings. The van der Waals surface area contributed by atoms with Crippen molar-refractivity contribution in [2.45, 2.75) is 25.8 Å². The quantitative estimate of drug-likeness (QED) is 0.602. The van der Waals surface area contributed by atoms with Crippen LogP contribution in [0.4, 0.5) is 0 Å². The van der Waals surface area contributed by atoms with Crippen LogP contribution in [0.1, 0.15) is 19.5 Å². The highest BCUT2D eigenvalue weighted by Gasteiger charge is 2.13. The number of benzene rings is 1. The van der Waals surface area contributed by atoms with Crippen LogP contribution in [-0.2, 0) is 0 Å². The molecule has 0 saturated carbocycles. The van der Waals surface area contributed by atoms with Crippen molar-refractivity contribution in [3.05, 3.63) is 48.2 Å². The molecule has 0 atom stereocenters. The summed E-state index contributed by atoms with van der Waals surface area (Å²) in [5.41, 5.74) is 3.06. The Morgan fingerprint density at radius 1 is 1.00 bits per heavy atom. The van der Waals surface area contributed by atoms with Gasteiger partial charge in [-0.25, -0.2) is 4.98 Å². The third kappa shape index (κ3) is 4.69. The number of nitrogens with zero attached hydrogens (tertiary/aromatic N) is 3. The Balaban J connectivity index is 1.68. The Hall–Kier alpha value is -1.76. The number of thioether (sulfide) groups is 1. The van der Waals surface area contributed by atoms with E-state index in [0.29, 0.717) is 0 Å². The minimum Gasteiger partial charge on any atom is -0.335 e. The molecule has 26 heavy (non-hydrogen) atoms. The second-order valence-corrected chi connectivity index (χ2v) is 8.23. The van der Waals surface area contributed by atoms with E-state index in [2.05, 4.69) is 48.3 Å². The zero-order chi connectivity index (χ0) is 18.4. The number of aromatic nitrogens is 3. The van der Waals surface area contributed by atoms with Crippen molar-refractivity contribution in [2.75, 3.05) is 25.4 Å². The van der Waals surface area contributed by atoms with Crippen molar-refractivity contribution in [3.63, 3.8) is 0 Å². The van der Waals surface area contributed by atoms with E-state index in [1.807, 2.05) is 25.1 Å². The van der Waals surface area contributed by atoms with Crippen LogP contribution in [0.25, 0.3) is 21.1 Å². The third-order valence-corrected chi connectivity index (χ3v) is 6.55. The molecule has 0 spiro atoms. The first-order chi connectivity index (χ1) is 12.7. The van der Waals surface area contributed by atoms with Crippen molar-refractivity contribution >= 4 is 23.1 Å². The minimum atomic E-state index is 0.904. The first-order valence-corrected chi connectivity index (χ1v) is 10.8. The molecule has 2 heterocycles. The average Bonchev–Trinajstić information content (AvgIpc) is 3.08. The van der Waals surface area contributed by atoms with Gasteiger partial charge in [0.15, 0.2) is 0 Å². The zero-order valence-electron chi connectivity index (χ0n) is 15.5. The molecule has 0 saturated heterocycles. The number of hydrogen-bond donors (Lipinski definition) is 1. The van der Waals surface area contributed by atoms with Crippen LogP contribution in [0.2, 0.25) is 0 Å². The lowest BCUT2D eigenvalue weighted by molar-refractivity contribution is -0.893. The van der Waals surface area contributed by atoms with Gasteiger partial charge in [0, 0.05) is 11.3 Å². The average molecular weight is 386 g/mol. The van der Waals surface area contributed by atoms with Crippen LogP contribution in [0.3, 0.4) is 0 Å². The van der Waals surface area contributed by atoms with Gasteiger partial charge >= 0.3 is 0 Å². The van der Waals surface area contributed by atoms with Crippen LogP contribution in [0, 0.1) is 6.92 Å². The molecule has 0 bridgehead atoms. The van der Waals surface area contributed by atoms with Crippen molar-refractivity contribution in [1.82, 2.24) is 15.2 Å². The summed E-state index contributed by atoms with van der Waals surface area (Å²) in [6.45, 7) is 10.0. The van der Waals surface area contributed by atoms with Crippen LogP contribution < -0.4 is 4.90 Å². The van der Waals surface area contributed by atoms with Crippen LogP contribution in [0.5, 0.6) is 0 Å². The van der Waals surface area contributed by atoms with E-state index in [-0.39, 0.29) is 0 Å². The summed E-state index contributed by atoms with van der Waals surface area (Å²) >= 11 is 3.46. The first kappa shape index (κ1) is 19.0. The molecule has 2 aromatic heterocycles. The number of hydrogen-bond acceptors (Lipinski definition) is 5. The van der Waals surface area contributed by atoms with Gasteiger partial charge in [0.1, 0.15) is 15.7 Å². The fourth-order valence-electron chi connectivity index (χ4n) is 2.76. The standard InChI is InChI=1S/C20H24N4S2/c1-4-24(5-2)13-14-25-18-12-11-17(22-23-18)19-15(3)21-20(26-19)16-9-7-6-8-10-16/h6-12H,4-5,13-14H2,1-3H3/p+1. The Morgan fingerprint density at radius 3 is 2.42 bits per heavy atom. The molecule has 0 radical (unpaired) electrons. The number of rotatable bonds is 8. The largest absolute Gasteiger partial charge is 0.335 e. The van der Waals surface area contributed by atoms with E-state index in [0.717, 1.165) is 44.2 Å². The molecule has 0 fully saturated rings. The number of thiazole rings is 1. The summed E-state index contributed by atoms with van der Waals surface area (Å²) in [5.74, 6) is 1.07. The fourth-order valence-corrected chi connectivity index (χ4v) is 4.66. The van der Waals surface area contributed by atoms with E-state index >= 15 is 0 Å². The molecule has 0 aliphatic rings. The summed E-state index contributed by atoms with van der Waals surface area (Å²) in [4.78, 5) is 7.43. The van der Waals surface area contributed by atoms with Gasteiger partial charge in [-0.3, -0.25) is 0 Å². The molecule has 6 heteroatoms. The van der Waals surface area contributed by atoms with E-state index < -0.39 is 0 Å². The van der Waals surface area contributed by atoms with E-state index in [1.165, 1.54) is 13.1 Å². The maximum absolute atomic E-state index is 4.71. The maximum atomic E-state index is 4.71. The van der Waals surface area contributed by atoms with Gasteiger partial charge in [0.25, 0.3) is 0 Å². The summed E-state index contributed by atoms with van der Waals surface area (Å²) in [7, 11) is 0. The van der Waals surface area contributed by atoms with Gasteiger partial charge < -0.3 is 4.90 Å². The lowest BCUT2D eigenvalue weighted by atomic mass is 10.2. The van der Waals surface area contributed by atoms with Crippen molar-refractivity contribution < 1.29 is 4.90 Å². The van der Waals surface area contributed by atoms with Crippen LogP contribution >= 0.6 is 23.1 Å². The van der Waals surface area contributed by atoms with Gasteiger partial charge in [-0.1, -0.05) is 42.1 Å². The predicted octanol–water partition coefficient (Wildman–Crippen LogP) is 3.59. The molecule has 0 amide bonds. The molecule has 1 aromatic carbocycles. The molecule has 0 unspecified atom stereocenters. The van der Waals surface area contributed by atoms with Crippen molar-refractivity contribution in [3.8, 4) is 21.1 Å². The normalized spacial score (nSPS) is 11.2. The smallest absolute Gasteiger partial charge is 0.124 e. The highest BCUT2D eigenvalue weighted by molar-refractivity contribution is 7.99. The topological polar surface area (TPSA) is 43.1 Å². The summed E-state index contributed by atoms with van der Waals surface area (Å²) in [6, 6.07) is 14.4. The number of nitrogens with one attached hydrogen (secondary N) is 1. The van der Waals surface area contributed by atoms with Crippen molar-refractivity contribution in [1.29, 1.82) is 0 Å². The lowest BCUT2D eigenvalue weighted by Gasteiger charge is -2.14. The molecular weight excluding hydrogens is 360 g/mol. The van der Waals surface area contributed by atoms with Gasteiger partial charge in [0.05, 0.1) is 30.2 Å². The second-order valence-electron chi connectivity index (χ2n) is 6.11. The molecule has 0 aliphatic carbocycles. The molecule has 136 valence electrons. The molecule has 4 nitrogen and oxygen atoms in total. The van der Waals surface area contributed by atoms with Gasteiger partial charge in [-0.05, 0) is 32.9 Å². The van der Waals surface area contributed by atoms with E-state index in [4.69, 9.17) is 4.98 Å². The first-order valence-electron chi connectivity index (χ1n) is 9.04. The summed E-state index contributed by atoms with van der Waals surface area (Å²) < 4.78 is 0. The molecule has 3 rings (SSSR count). The zero-order valence-corrected chi connectivity index (χ0v) is 17.2. The van der Waals surface area contributed by atoms with Gasteiger partial charge in [0.2, 0.25) is 0 Å². The molecule has 0 aliphatic heterocycles. The Labute approximate surface area is 163 Å². The predicted molar refractivity (Wildman–Crippen MR) is 111 cm³/mol. The van der Waals surface area contributed by atoms with Crippen LogP contribution in [0.15, 0.2) is 47.5 Å². The van der Waals surface area contributed by atoms with E-state index in [1.54, 1.807) is 28.0 Å². The maximum Gasteiger partial charge on any atom is 0.124 e. The van der Waals surface area contributed by atoms with Gasteiger partial charge in [-0.2, -0.15) is 0 Å². The molecule has 1 N–H and O–H groups in total. The third-order valence-electron chi connectivity index (χ3n) is 4.40. The highest BCUT2D eigenvalue weighted by atomic mass is 32.2. The summed E-state index contributed by atoms with van der Waals surface area (Å²) in [6.07, 6.45) is 0. The van der Waals surface area contributed by atoms with E-state index in [9.17, 15) is 0 Å². The lowest BCUT2D eigenvalue weighted by Crippen LogP contribution is -3.11. The monoisotopic (exact) mass is 385 g/mol. The number of aryl methyl sites for hydroxylation is 1. The summed E-state index contributed by atoms with van der Waals surface area (Å²) in [5, 5.41) is 10.9.